The molecule has 0 fully saturated rings. The molecule has 9 heteroatoms. The molecule has 1 rings (SSSR count). The molecule has 0 N–H and O–H groups in total. The van der Waals surface area contributed by atoms with Crippen LogP contribution >= 0.6 is 0 Å². The van der Waals surface area contributed by atoms with Gasteiger partial charge in [0.1, 0.15) is 0 Å². The van der Waals surface area contributed by atoms with Crippen LogP contribution in [-0.2, 0) is 54.8 Å². The summed E-state index contributed by atoms with van der Waals surface area (Å²) in [5.74, 6) is -1.99. The number of allylic oxidation sites excluding steroid dienone is 1. The van der Waals surface area contributed by atoms with Gasteiger partial charge >= 0.3 is 29.9 Å². The minimum atomic E-state index is -3.87. The fraction of sp³-hybridized carbons (Fsp3) is 0.350. The standard InChI is InChI=1S/C17H25O6Si2.3CH3.Pt/c1-7-11-24(5,6)17-10-8-9-16(17)12-25(21-13(2)18,22-14(3)19)23-15(4)20;;;;/h7-10H,1,11-12H2,2-6H3;3*1H3;/q4*-1;+4. The summed E-state index contributed by atoms with van der Waals surface area (Å²) in [6, 6.07) is 6.73. The van der Waals surface area contributed by atoms with Gasteiger partial charge in [-0.2, -0.15) is 16.8 Å². The van der Waals surface area contributed by atoms with Crippen LogP contribution in [-0.4, -0.2) is 34.8 Å². The SMILES string of the molecule is C=CC[Si](C)(C)[c-]1cccc1C[Si](OC(C)=O)(OC(C)=O)OC(C)=O.[CH3-].[CH3-].[CH3-].[Pt+4]. The van der Waals surface area contributed by atoms with Gasteiger partial charge in [-0.25, -0.2) is 12.1 Å². The third-order valence-corrected chi connectivity index (χ3v) is 9.46. The van der Waals surface area contributed by atoms with E-state index in [1.807, 2.05) is 24.3 Å². The van der Waals surface area contributed by atoms with Crippen molar-refractivity contribution >= 4 is 40.0 Å². The van der Waals surface area contributed by atoms with Crippen LogP contribution in [0, 0.1) is 22.3 Å². The summed E-state index contributed by atoms with van der Waals surface area (Å²) in [5.41, 5.74) is 0.869. The summed E-state index contributed by atoms with van der Waals surface area (Å²) in [6.07, 6.45) is 1.89. The molecule has 29 heavy (non-hydrogen) atoms. The van der Waals surface area contributed by atoms with Crippen molar-refractivity contribution in [2.75, 3.05) is 0 Å². The molecule has 0 aromatic heterocycles. The topological polar surface area (TPSA) is 78.9 Å². The molecule has 0 heterocycles. The first kappa shape index (κ1) is 35.1. The normalized spacial score (nSPS) is 9.97. The molecule has 6 nitrogen and oxygen atoms in total. The smallest absolute Gasteiger partial charge is 0.455 e. The number of hydrogen-bond donors (Lipinski definition) is 0. The number of rotatable bonds is 8. The predicted octanol–water partition coefficient (Wildman–Crippen LogP) is 3.57. The van der Waals surface area contributed by atoms with Crippen LogP contribution in [0.2, 0.25) is 19.1 Å². The third kappa shape index (κ3) is 10.8. The molecule has 0 saturated carbocycles. The predicted molar refractivity (Wildman–Crippen MR) is 118 cm³/mol. The number of hydrogen-bond acceptors (Lipinski definition) is 6. The van der Waals surface area contributed by atoms with E-state index in [4.69, 9.17) is 13.3 Å². The van der Waals surface area contributed by atoms with Crippen molar-refractivity contribution in [3.8, 4) is 0 Å². The van der Waals surface area contributed by atoms with E-state index < -0.39 is 34.8 Å². The van der Waals surface area contributed by atoms with E-state index in [0.717, 1.165) is 16.8 Å². The zero-order valence-corrected chi connectivity index (χ0v) is 23.0. The molecule has 0 aliphatic heterocycles. The van der Waals surface area contributed by atoms with Crippen molar-refractivity contribution in [2.24, 2.45) is 0 Å². The first-order valence-corrected chi connectivity index (χ1v) is 13.1. The summed E-state index contributed by atoms with van der Waals surface area (Å²) >= 11 is 0. The Kier molecular flexibility index (Phi) is 17.6. The average molecular weight is 622 g/mol. The van der Waals surface area contributed by atoms with E-state index in [0.29, 0.717) is 0 Å². The Hall–Kier alpha value is -1.38. The van der Waals surface area contributed by atoms with Crippen LogP contribution in [0.5, 0.6) is 0 Å². The summed E-state index contributed by atoms with van der Waals surface area (Å²) in [4.78, 5) is 34.7. The number of carbonyl (C=O) groups excluding carboxylic acids is 3. The molecular formula is C20H34O6PtSi2. The van der Waals surface area contributed by atoms with Gasteiger partial charge in [-0.3, -0.25) is 14.4 Å². The Bertz CT molecular complexity index is 629. The van der Waals surface area contributed by atoms with E-state index in [1.54, 1.807) is 0 Å². The van der Waals surface area contributed by atoms with E-state index in [1.165, 1.54) is 20.8 Å². The largest absolute Gasteiger partial charge is 4.00 e. The quantitative estimate of drug-likeness (QED) is 0.251. The second-order valence-corrected chi connectivity index (χ2v) is 13.5. The molecule has 0 atom stereocenters. The summed E-state index contributed by atoms with van der Waals surface area (Å²) < 4.78 is 15.8. The van der Waals surface area contributed by atoms with Gasteiger partial charge in [-0.1, -0.05) is 19.2 Å². The van der Waals surface area contributed by atoms with E-state index in [-0.39, 0.29) is 49.4 Å². The average Bonchev–Trinajstić information content (AvgIpc) is 2.84. The van der Waals surface area contributed by atoms with E-state index in [9.17, 15) is 14.4 Å². The van der Waals surface area contributed by atoms with Gasteiger partial charge in [0.15, 0.2) is 0 Å². The van der Waals surface area contributed by atoms with Gasteiger partial charge in [-0.15, -0.1) is 6.58 Å². The second-order valence-electron chi connectivity index (χ2n) is 6.48. The molecule has 0 aliphatic rings. The van der Waals surface area contributed by atoms with Crippen molar-refractivity contribution in [1.82, 2.24) is 0 Å². The first-order chi connectivity index (χ1) is 11.5. The molecule has 0 bridgehead atoms. The molecule has 0 aliphatic carbocycles. The van der Waals surface area contributed by atoms with Crippen molar-refractivity contribution in [1.29, 1.82) is 0 Å². The van der Waals surface area contributed by atoms with Gasteiger partial charge in [0.05, 0.1) is 6.04 Å². The van der Waals surface area contributed by atoms with Crippen LogP contribution in [0.25, 0.3) is 0 Å². The van der Waals surface area contributed by atoms with Crippen LogP contribution in [0.15, 0.2) is 30.9 Å². The van der Waals surface area contributed by atoms with E-state index in [2.05, 4.69) is 19.7 Å². The Morgan fingerprint density at radius 3 is 1.76 bits per heavy atom. The maximum absolute atomic E-state index is 11.6. The molecule has 1 aromatic carbocycles. The van der Waals surface area contributed by atoms with Crippen molar-refractivity contribution in [3.63, 3.8) is 0 Å². The molecule has 0 radical (unpaired) electrons. The van der Waals surface area contributed by atoms with Gasteiger partial charge < -0.3 is 35.6 Å². The summed E-state index contributed by atoms with van der Waals surface area (Å²) in [7, 11) is -5.68. The fourth-order valence-corrected chi connectivity index (χ4v) is 7.94. The first-order valence-electron chi connectivity index (χ1n) is 7.96. The zero-order valence-electron chi connectivity index (χ0n) is 18.7. The van der Waals surface area contributed by atoms with Crippen molar-refractivity contribution in [2.45, 2.75) is 46.0 Å². The molecule has 0 amide bonds. The summed E-state index contributed by atoms with van der Waals surface area (Å²) in [5, 5.41) is 1.13. The maximum Gasteiger partial charge on any atom is 4.00 e. The van der Waals surface area contributed by atoms with Gasteiger partial charge in [0, 0.05) is 28.8 Å². The Morgan fingerprint density at radius 2 is 1.41 bits per heavy atom. The van der Waals surface area contributed by atoms with Crippen LogP contribution in [0.4, 0.5) is 0 Å². The second kappa shape index (κ2) is 14.6. The molecule has 0 unspecified atom stereocenters. The fourth-order valence-electron chi connectivity index (χ4n) is 2.80. The zero-order chi connectivity index (χ0) is 19.3. The minimum Gasteiger partial charge on any atom is -0.455 e. The Labute approximate surface area is 193 Å². The molecule has 0 spiro atoms. The van der Waals surface area contributed by atoms with Crippen LogP contribution < -0.4 is 5.19 Å². The summed E-state index contributed by atoms with van der Waals surface area (Å²) in [6.45, 7) is 11.8. The minimum absolute atomic E-state index is 0. The molecule has 168 valence electrons. The molecule has 0 saturated heterocycles. The Morgan fingerprint density at radius 1 is 1.00 bits per heavy atom. The van der Waals surface area contributed by atoms with Crippen molar-refractivity contribution < 1.29 is 48.7 Å². The van der Waals surface area contributed by atoms with E-state index >= 15 is 0 Å². The van der Waals surface area contributed by atoms with Crippen LogP contribution in [0.3, 0.4) is 0 Å². The number of carbonyl (C=O) groups is 3. The monoisotopic (exact) mass is 621 g/mol. The third-order valence-electron chi connectivity index (χ3n) is 3.59. The van der Waals surface area contributed by atoms with Gasteiger partial charge in [0.2, 0.25) is 0 Å². The maximum atomic E-state index is 11.6. The molecular weight excluding hydrogens is 587 g/mol. The van der Waals surface area contributed by atoms with Gasteiger partial charge in [0.25, 0.3) is 17.9 Å². The van der Waals surface area contributed by atoms with Crippen LogP contribution in [0.1, 0.15) is 26.3 Å². The Balaban J connectivity index is -0.000000781. The molecule has 1 aromatic rings. The van der Waals surface area contributed by atoms with Crippen molar-refractivity contribution in [3.05, 3.63) is 58.7 Å². The van der Waals surface area contributed by atoms with Gasteiger partial charge in [-0.05, 0) is 6.04 Å².